The van der Waals surface area contributed by atoms with E-state index in [0.29, 0.717) is 5.69 Å². The number of nitrogens with one attached hydrogen (secondary N) is 2. The summed E-state index contributed by atoms with van der Waals surface area (Å²) in [6.45, 7) is 1.93. The molecule has 8 heteroatoms. The molecule has 1 aromatic carbocycles. The van der Waals surface area contributed by atoms with E-state index in [1.807, 2.05) is 0 Å². The maximum atomic E-state index is 13.9. The number of hydrogen-bond donors (Lipinski definition) is 2. The van der Waals surface area contributed by atoms with E-state index in [0.717, 1.165) is 17.3 Å². The Morgan fingerprint density at radius 2 is 2.08 bits per heavy atom. The lowest BCUT2D eigenvalue weighted by Gasteiger charge is -2.15. The van der Waals surface area contributed by atoms with Crippen molar-refractivity contribution in [1.82, 2.24) is 15.5 Å². The number of benzene rings is 1. The fourth-order valence-electron chi connectivity index (χ4n) is 2.57. The summed E-state index contributed by atoms with van der Waals surface area (Å²) in [5, 5.41) is 9.37. The fraction of sp³-hybridized carbons (Fsp3) is 0.375. The van der Waals surface area contributed by atoms with Gasteiger partial charge in [-0.2, -0.15) is 13.9 Å². The number of hydrogen-bond acceptors (Lipinski definition) is 3. The van der Waals surface area contributed by atoms with Gasteiger partial charge in [0, 0.05) is 23.4 Å². The van der Waals surface area contributed by atoms with Crippen LogP contribution in [0.1, 0.15) is 35.4 Å². The third kappa shape index (κ3) is 3.87. The van der Waals surface area contributed by atoms with Gasteiger partial charge in [0.15, 0.2) is 0 Å². The monoisotopic (exact) mass is 341 g/mol. The van der Waals surface area contributed by atoms with Crippen LogP contribution in [0.5, 0.6) is 5.75 Å². The molecule has 0 bridgehead atoms. The number of amides is 1. The second kappa shape index (κ2) is 7.37. The first-order valence-corrected chi connectivity index (χ1v) is 7.32. The van der Waals surface area contributed by atoms with Crippen LogP contribution in [0, 0.1) is 19.7 Å². The third-order valence-electron chi connectivity index (χ3n) is 3.74. The Morgan fingerprint density at radius 3 is 2.67 bits per heavy atom. The average molecular weight is 341 g/mol. The molecule has 1 atom stereocenters. The zero-order valence-electron chi connectivity index (χ0n) is 13.5. The summed E-state index contributed by atoms with van der Waals surface area (Å²) in [6.07, 6.45) is 0. The molecule has 1 amide bonds. The molecule has 2 aromatic rings. The van der Waals surface area contributed by atoms with E-state index in [1.54, 1.807) is 20.8 Å². The minimum Gasteiger partial charge on any atom is -0.434 e. The van der Waals surface area contributed by atoms with Crippen molar-refractivity contribution in [3.63, 3.8) is 0 Å². The molecule has 0 fully saturated rings. The minimum absolute atomic E-state index is 0.126. The molecule has 0 radical (unpaired) electrons. The quantitative estimate of drug-likeness (QED) is 0.848. The Kier molecular flexibility index (Phi) is 5.48. The van der Waals surface area contributed by atoms with Gasteiger partial charge < -0.3 is 10.1 Å². The SMILES string of the molecule is Cc1n[nH]c(C)c1[C@H](C)C(=O)NCc1c(F)cccc1OC(F)F. The number of rotatable bonds is 6. The smallest absolute Gasteiger partial charge is 0.387 e. The minimum atomic E-state index is -3.07. The van der Waals surface area contributed by atoms with Gasteiger partial charge in [-0.15, -0.1) is 0 Å². The lowest BCUT2D eigenvalue weighted by Crippen LogP contribution is -2.28. The van der Waals surface area contributed by atoms with Crippen molar-refractivity contribution >= 4 is 5.91 Å². The maximum Gasteiger partial charge on any atom is 0.387 e. The van der Waals surface area contributed by atoms with E-state index in [4.69, 9.17) is 0 Å². The van der Waals surface area contributed by atoms with Gasteiger partial charge in [0.1, 0.15) is 11.6 Å². The number of alkyl halides is 2. The molecule has 24 heavy (non-hydrogen) atoms. The highest BCUT2D eigenvalue weighted by atomic mass is 19.3. The molecular formula is C16H18F3N3O2. The standard InChI is InChI=1S/C16H18F3N3O2/c1-8(14-9(2)21-22-10(14)3)15(23)20-7-11-12(17)5-4-6-13(11)24-16(18)19/h4-6,8,16H,7H2,1-3H3,(H,20,23)(H,21,22)/t8-/m0/s1. The van der Waals surface area contributed by atoms with E-state index in [2.05, 4.69) is 20.3 Å². The van der Waals surface area contributed by atoms with Gasteiger partial charge in [-0.25, -0.2) is 4.39 Å². The van der Waals surface area contributed by atoms with E-state index in [-0.39, 0.29) is 23.8 Å². The number of ether oxygens (including phenoxy) is 1. The van der Waals surface area contributed by atoms with Crippen molar-refractivity contribution in [2.45, 2.75) is 39.8 Å². The molecule has 1 aromatic heterocycles. The Morgan fingerprint density at radius 1 is 1.38 bits per heavy atom. The van der Waals surface area contributed by atoms with Crippen LogP contribution in [0.25, 0.3) is 0 Å². The summed E-state index contributed by atoms with van der Waals surface area (Å²) in [7, 11) is 0. The predicted molar refractivity (Wildman–Crippen MR) is 81.4 cm³/mol. The highest BCUT2D eigenvalue weighted by Crippen LogP contribution is 2.25. The van der Waals surface area contributed by atoms with Gasteiger partial charge in [-0.1, -0.05) is 6.07 Å². The number of halogens is 3. The first kappa shape index (κ1) is 17.8. The molecule has 0 aliphatic carbocycles. The molecule has 0 saturated heterocycles. The van der Waals surface area contributed by atoms with Gasteiger partial charge in [-0.05, 0) is 32.9 Å². The summed E-state index contributed by atoms with van der Waals surface area (Å²) >= 11 is 0. The number of aryl methyl sites for hydroxylation is 2. The highest BCUT2D eigenvalue weighted by molar-refractivity contribution is 5.83. The first-order chi connectivity index (χ1) is 11.3. The largest absolute Gasteiger partial charge is 0.434 e. The van der Waals surface area contributed by atoms with Crippen molar-refractivity contribution in [1.29, 1.82) is 0 Å². The van der Waals surface area contributed by atoms with Gasteiger partial charge in [-0.3, -0.25) is 9.89 Å². The second-order valence-electron chi connectivity index (χ2n) is 5.38. The normalized spacial score (nSPS) is 12.3. The Labute approximate surface area is 137 Å². The van der Waals surface area contributed by atoms with Crippen LogP contribution in [0.4, 0.5) is 13.2 Å². The van der Waals surface area contributed by atoms with Crippen molar-refractivity contribution in [2.75, 3.05) is 0 Å². The fourth-order valence-corrected chi connectivity index (χ4v) is 2.57. The molecule has 0 aliphatic heterocycles. The molecular weight excluding hydrogens is 323 g/mol. The number of aromatic nitrogens is 2. The van der Waals surface area contributed by atoms with E-state index < -0.39 is 18.3 Å². The van der Waals surface area contributed by atoms with Crippen molar-refractivity contribution in [3.8, 4) is 5.75 Å². The highest BCUT2D eigenvalue weighted by Gasteiger charge is 2.22. The van der Waals surface area contributed by atoms with Gasteiger partial charge in [0.2, 0.25) is 5.91 Å². The van der Waals surface area contributed by atoms with Crippen molar-refractivity contribution < 1.29 is 22.7 Å². The van der Waals surface area contributed by atoms with Crippen LogP contribution >= 0.6 is 0 Å². The van der Waals surface area contributed by atoms with Crippen LogP contribution in [0.3, 0.4) is 0 Å². The van der Waals surface area contributed by atoms with Crippen LogP contribution in [0.15, 0.2) is 18.2 Å². The van der Waals surface area contributed by atoms with E-state index >= 15 is 0 Å². The van der Waals surface area contributed by atoms with Crippen LogP contribution in [-0.4, -0.2) is 22.7 Å². The Balaban J connectivity index is 2.12. The Hall–Kier alpha value is -2.51. The number of nitrogens with zero attached hydrogens (tertiary/aromatic N) is 1. The zero-order chi connectivity index (χ0) is 17.9. The van der Waals surface area contributed by atoms with E-state index in [1.165, 1.54) is 12.1 Å². The lowest BCUT2D eigenvalue weighted by atomic mass is 9.98. The maximum absolute atomic E-state index is 13.9. The number of carbonyl (C=O) groups excluding carboxylic acids is 1. The number of aromatic amines is 1. The van der Waals surface area contributed by atoms with Gasteiger partial charge in [0.25, 0.3) is 0 Å². The zero-order valence-corrected chi connectivity index (χ0v) is 13.5. The molecule has 0 saturated carbocycles. The first-order valence-electron chi connectivity index (χ1n) is 7.32. The lowest BCUT2D eigenvalue weighted by molar-refractivity contribution is -0.122. The van der Waals surface area contributed by atoms with Crippen LogP contribution < -0.4 is 10.1 Å². The van der Waals surface area contributed by atoms with Crippen molar-refractivity contribution in [3.05, 3.63) is 46.5 Å². The summed E-state index contributed by atoms with van der Waals surface area (Å²) in [5.74, 6) is -1.91. The summed E-state index contributed by atoms with van der Waals surface area (Å²) in [4.78, 5) is 12.3. The van der Waals surface area contributed by atoms with Crippen LogP contribution in [-0.2, 0) is 11.3 Å². The summed E-state index contributed by atoms with van der Waals surface area (Å²) in [6, 6.07) is 3.61. The molecule has 0 aliphatic rings. The predicted octanol–water partition coefficient (Wildman–Crippen LogP) is 3.19. The molecule has 0 unspecified atom stereocenters. The number of H-pyrrole nitrogens is 1. The average Bonchev–Trinajstić information content (AvgIpc) is 2.84. The molecule has 2 rings (SSSR count). The Bertz CT molecular complexity index is 712. The second-order valence-corrected chi connectivity index (χ2v) is 5.38. The topological polar surface area (TPSA) is 67.0 Å². The molecule has 0 spiro atoms. The van der Waals surface area contributed by atoms with Crippen molar-refractivity contribution in [2.24, 2.45) is 0 Å². The molecule has 2 N–H and O–H groups in total. The molecule has 130 valence electrons. The number of carbonyl (C=O) groups is 1. The van der Waals surface area contributed by atoms with E-state index in [9.17, 15) is 18.0 Å². The molecule has 5 nitrogen and oxygen atoms in total. The van der Waals surface area contributed by atoms with Gasteiger partial charge in [0.05, 0.1) is 11.6 Å². The molecule has 1 heterocycles. The summed E-state index contributed by atoms with van der Waals surface area (Å²) < 4.78 is 42.9. The summed E-state index contributed by atoms with van der Waals surface area (Å²) in [5.41, 5.74) is 2.09. The third-order valence-corrected chi connectivity index (χ3v) is 3.74. The van der Waals surface area contributed by atoms with Crippen LogP contribution in [0.2, 0.25) is 0 Å². The van der Waals surface area contributed by atoms with Gasteiger partial charge >= 0.3 is 6.61 Å².